The first-order valence-electron chi connectivity index (χ1n) is 6.01. The molecule has 1 aromatic rings. The normalized spacial score (nSPS) is 19.2. The van der Waals surface area contributed by atoms with Crippen LogP contribution < -0.4 is 0 Å². The van der Waals surface area contributed by atoms with Crippen LogP contribution in [0, 0.1) is 0 Å². The maximum absolute atomic E-state index is 11.9. The number of carbonyl (C=O) groups is 2. The zero-order chi connectivity index (χ0) is 12.0. The molecule has 0 aliphatic heterocycles. The van der Waals surface area contributed by atoms with Gasteiger partial charge in [0.2, 0.25) is 0 Å². The third-order valence-corrected chi connectivity index (χ3v) is 3.43. The molecule has 1 N–H and O–H groups in total. The van der Waals surface area contributed by atoms with E-state index < -0.39 is 5.97 Å². The molecule has 0 atom stereocenters. The van der Waals surface area contributed by atoms with Crippen molar-refractivity contribution in [2.75, 3.05) is 0 Å². The van der Waals surface area contributed by atoms with Crippen molar-refractivity contribution in [2.24, 2.45) is 0 Å². The zero-order valence-electron chi connectivity index (χ0n) is 9.48. The molecule has 0 spiro atoms. The standard InChI is InChI=1S/C12H14N2O3/c15-9-3-1-2-8-11(9)12(7-4-5-7)13-14(8)6-10(16)17/h7H,1-6H2,(H,16,17). The van der Waals surface area contributed by atoms with E-state index in [-0.39, 0.29) is 12.3 Å². The van der Waals surface area contributed by atoms with E-state index >= 15 is 0 Å². The maximum Gasteiger partial charge on any atom is 0.325 e. The fraction of sp³-hybridized carbons (Fsp3) is 0.583. The van der Waals surface area contributed by atoms with Gasteiger partial charge in [0.05, 0.1) is 17.0 Å². The van der Waals surface area contributed by atoms with Gasteiger partial charge in [-0.2, -0.15) is 5.10 Å². The molecule has 0 radical (unpaired) electrons. The zero-order valence-corrected chi connectivity index (χ0v) is 9.48. The average Bonchev–Trinajstić information content (AvgIpc) is 3.03. The molecule has 5 heteroatoms. The average molecular weight is 234 g/mol. The lowest BCUT2D eigenvalue weighted by molar-refractivity contribution is -0.137. The van der Waals surface area contributed by atoms with Gasteiger partial charge >= 0.3 is 5.97 Å². The first-order valence-corrected chi connectivity index (χ1v) is 6.01. The second-order valence-corrected chi connectivity index (χ2v) is 4.81. The fourth-order valence-electron chi connectivity index (χ4n) is 2.52. The molecule has 90 valence electrons. The number of fused-ring (bicyclic) bond motifs is 1. The van der Waals surface area contributed by atoms with Crippen molar-refractivity contribution >= 4 is 11.8 Å². The predicted octanol–water partition coefficient (Wildman–Crippen LogP) is 1.36. The summed E-state index contributed by atoms with van der Waals surface area (Å²) in [7, 11) is 0. The van der Waals surface area contributed by atoms with Crippen LogP contribution in [0.25, 0.3) is 0 Å². The van der Waals surface area contributed by atoms with Crippen LogP contribution in [0.15, 0.2) is 0 Å². The summed E-state index contributed by atoms with van der Waals surface area (Å²) in [5.74, 6) is -0.374. The van der Waals surface area contributed by atoms with Crippen LogP contribution in [-0.4, -0.2) is 26.6 Å². The summed E-state index contributed by atoms with van der Waals surface area (Å²) < 4.78 is 1.52. The highest BCUT2D eigenvalue weighted by atomic mass is 16.4. The lowest BCUT2D eigenvalue weighted by Crippen LogP contribution is -2.17. The molecule has 0 saturated heterocycles. The Bertz CT molecular complexity index is 500. The molecule has 2 aliphatic carbocycles. The van der Waals surface area contributed by atoms with E-state index in [2.05, 4.69) is 5.10 Å². The Morgan fingerprint density at radius 2 is 2.18 bits per heavy atom. The fourth-order valence-corrected chi connectivity index (χ4v) is 2.52. The number of aromatic nitrogens is 2. The highest BCUT2D eigenvalue weighted by Gasteiger charge is 2.35. The molecular formula is C12H14N2O3. The van der Waals surface area contributed by atoms with Gasteiger partial charge in [-0.1, -0.05) is 0 Å². The summed E-state index contributed by atoms with van der Waals surface area (Å²) in [5, 5.41) is 13.2. The van der Waals surface area contributed by atoms with Crippen molar-refractivity contribution in [2.45, 2.75) is 44.6 Å². The van der Waals surface area contributed by atoms with E-state index in [0.29, 0.717) is 12.3 Å². The number of carbonyl (C=O) groups excluding carboxylic acids is 1. The number of Topliss-reactive ketones (excluding diaryl/α,β-unsaturated/α-hetero) is 1. The molecule has 1 fully saturated rings. The molecule has 1 aromatic heterocycles. The van der Waals surface area contributed by atoms with Crippen LogP contribution in [0.4, 0.5) is 0 Å². The second kappa shape index (κ2) is 3.68. The molecule has 3 rings (SSSR count). The Hall–Kier alpha value is -1.65. The number of carboxylic acids is 1. The Kier molecular flexibility index (Phi) is 2.28. The molecule has 2 aliphatic rings. The minimum atomic E-state index is -0.907. The van der Waals surface area contributed by atoms with E-state index in [1.165, 1.54) is 4.68 Å². The second-order valence-electron chi connectivity index (χ2n) is 4.81. The quantitative estimate of drug-likeness (QED) is 0.857. The Morgan fingerprint density at radius 3 is 2.82 bits per heavy atom. The summed E-state index contributed by atoms with van der Waals surface area (Å²) in [5.41, 5.74) is 2.43. The molecule has 5 nitrogen and oxygen atoms in total. The number of hydrogen-bond donors (Lipinski definition) is 1. The predicted molar refractivity (Wildman–Crippen MR) is 59.1 cm³/mol. The number of carboxylic acid groups (broad SMARTS) is 1. The molecular weight excluding hydrogens is 220 g/mol. The van der Waals surface area contributed by atoms with Crippen molar-refractivity contribution in [1.29, 1.82) is 0 Å². The van der Waals surface area contributed by atoms with Gasteiger partial charge in [-0.15, -0.1) is 0 Å². The molecule has 1 heterocycles. The van der Waals surface area contributed by atoms with Gasteiger partial charge in [0.15, 0.2) is 5.78 Å². The minimum Gasteiger partial charge on any atom is -0.480 e. The molecule has 1 saturated carbocycles. The van der Waals surface area contributed by atoms with Crippen LogP contribution in [0.2, 0.25) is 0 Å². The maximum atomic E-state index is 11.9. The minimum absolute atomic E-state index is 0.137. The molecule has 17 heavy (non-hydrogen) atoms. The van der Waals surface area contributed by atoms with Crippen LogP contribution in [0.1, 0.15) is 53.3 Å². The molecule has 0 amide bonds. The van der Waals surface area contributed by atoms with Crippen LogP contribution in [0.5, 0.6) is 0 Å². The van der Waals surface area contributed by atoms with Gasteiger partial charge in [0.25, 0.3) is 0 Å². The summed E-state index contributed by atoms with van der Waals surface area (Å²) >= 11 is 0. The van der Waals surface area contributed by atoms with E-state index in [1.54, 1.807) is 0 Å². The highest BCUT2D eigenvalue weighted by molar-refractivity contribution is 5.99. The van der Waals surface area contributed by atoms with Gasteiger partial charge in [-0.3, -0.25) is 14.3 Å². The highest BCUT2D eigenvalue weighted by Crippen LogP contribution is 2.43. The lowest BCUT2D eigenvalue weighted by Gasteiger charge is -2.12. The first kappa shape index (κ1) is 10.5. The smallest absolute Gasteiger partial charge is 0.325 e. The Balaban J connectivity index is 2.08. The van der Waals surface area contributed by atoms with E-state index in [0.717, 1.165) is 42.6 Å². The Labute approximate surface area is 98.4 Å². The summed E-state index contributed by atoms with van der Waals surface area (Å²) in [6, 6.07) is 0. The van der Waals surface area contributed by atoms with Crippen LogP contribution >= 0.6 is 0 Å². The molecule has 0 bridgehead atoms. The first-order chi connectivity index (χ1) is 8.16. The summed E-state index contributed by atoms with van der Waals surface area (Å²) in [4.78, 5) is 22.7. The van der Waals surface area contributed by atoms with Crippen LogP contribution in [0.3, 0.4) is 0 Å². The SMILES string of the molecule is O=C(O)Cn1nc(C2CC2)c2c1CCCC2=O. The number of hydrogen-bond acceptors (Lipinski definition) is 3. The van der Waals surface area contributed by atoms with Gasteiger partial charge in [0, 0.05) is 12.3 Å². The number of aliphatic carboxylic acids is 1. The molecule has 0 unspecified atom stereocenters. The van der Waals surface area contributed by atoms with Crippen molar-refractivity contribution in [3.63, 3.8) is 0 Å². The van der Waals surface area contributed by atoms with Crippen LogP contribution in [-0.2, 0) is 17.8 Å². The third-order valence-electron chi connectivity index (χ3n) is 3.43. The topological polar surface area (TPSA) is 72.2 Å². The van der Waals surface area contributed by atoms with Crippen molar-refractivity contribution < 1.29 is 14.7 Å². The van der Waals surface area contributed by atoms with E-state index in [1.807, 2.05) is 0 Å². The number of ketones is 1. The summed E-state index contributed by atoms with van der Waals surface area (Å²) in [6.07, 6.45) is 4.30. The van der Waals surface area contributed by atoms with Crippen molar-refractivity contribution in [1.82, 2.24) is 9.78 Å². The van der Waals surface area contributed by atoms with Gasteiger partial charge in [0.1, 0.15) is 6.54 Å². The summed E-state index contributed by atoms with van der Waals surface area (Å²) in [6.45, 7) is -0.137. The van der Waals surface area contributed by atoms with E-state index in [4.69, 9.17) is 5.11 Å². The lowest BCUT2D eigenvalue weighted by atomic mass is 9.93. The monoisotopic (exact) mass is 234 g/mol. The van der Waals surface area contributed by atoms with Gasteiger partial charge < -0.3 is 5.11 Å². The number of rotatable bonds is 3. The van der Waals surface area contributed by atoms with Gasteiger partial charge in [-0.05, 0) is 25.7 Å². The van der Waals surface area contributed by atoms with Gasteiger partial charge in [-0.25, -0.2) is 0 Å². The van der Waals surface area contributed by atoms with Crippen molar-refractivity contribution in [3.8, 4) is 0 Å². The van der Waals surface area contributed by atoms with E-state index in [9.17, 15) is 9.59 Å². The third kappa shape index (κ3) is 1.75. The molecule has 0 aromatic carbocycles. The van der Waals surface area contributed by atoms with Crippen molar-refractivity contribution in [3.05, 3.63) is 17.0 Å². The number of nitrogens with zero attached hydrogens (tertiary/aromatic N) is 2. The largest absolute Gasteiger partial charge is 0.480 e. The Morgan fingerprint density at radius 1 is 1.41 bits per heavy atom.